The van der Waals surface area contributed by atoms with E-state index < -0.39 is 5.60 Å². The van der Waals surface area contributed by atoms with Crippen LogP contribution in [0.3, 0.4) is 0 Å². The average Bonchev–Trinajstić information content (AvgIpc) is 2.71. The lowest BCUT2D eigenvalue weighted by atomic mass is 9.41. The topological polar surface area (TPSA) is 54.4 Å². The first-order valence-electron chi connectivity index (χ1n) is 9.47. The minimum Gasteiger partial charge on any atom is -0.390 e. The summed E-state index contributed by atoms with van der Waals surface area (Å²) >= 11 is 0. The molecular formula is C20H30O3. The Morgan fingerprint density at radius 3 is 2.43 bits per heavy atom. The number of carbonyl (C=O) groups is 2. The first-order chi connectivity index (χ1) is 10.8. The molecule has 1 N–H and O–H groups in total. The summed E-state index contributed by atoms with van der Waals surface area (Å²) < 4.78 is 0. The molecule has 3 heteroatoms. The van der Waals surface area contributed by atoms with Crippen LogP contribution in [0.15, 0.2) is 0 Å². The number of carbonyl (C=O) groups excluding carboxylic acids is 2. The number of hydrogen-bond donors (Lipinski definition) is 1. The van der Waals surface area contributed by atoms with Gasteiger partial charge in [-0.2, -0.15) is 0 Å². The van der Waals surface area contributed by atoms with Gasteiger partial charge in [0, 0.05) is 10.8 Å². The molecule has 0 aliphatic heterocycles. The number of aldehydes is 2. The van der Waals surface area contributed by atoms with Gasteiger partial charge in [0.15, 0.2) is 0 Å². The van der Waals surface area contributed by atoms with E-state index >= 15 is 0 Å². The summed E-state index contributed by atoms with van der Waals surface area (Å²) in [4.78, 5) is 24.3. The summed E-state index contributed by atoms with van der Waals surface area (Å²) in [5.41, 5.74) is -1.07. The average molecular weight is 318 g/mol. The van der Waals surface area contributed by atoms with Gasteiger partial charge in [0.1, 0.15) is 12.6 Å². The zero-order valence-electron chi connectivity index (χ0n) is 14.5. The van der Waals surface area contributed by atoms with Crippen molar-refractivity contribution in [3.05, 3.63) is 0 Å². The molecule has 0 aromatic carbocycles. The van der Waals surface area contributed by atoms with Crippen molar-refractivity contribution in [3.63, 3.8) is 0 Å². The van der Waals surface area contributed by atoms with Gasteiger partial charge in [-0.1, -0.05) is 13.3 Å². The quantitative estimate of drug-likeness (QED) is 0.793. The van der Waals surface area contributed by atoms with Crippen molar-refractivity contribution in [2.75, 3.05) is 0 Å². The lowest BCUT2D eigenvalue weighted by Crippen LogP contribution is -2.59. The van der Waals surface area contributed by atoms with Crippen LogP contribution in [0.25, 0.3) is 0 Å². The maximum Gasteiger partial charge on any atom is 0.126 e. The maximum absolute atomic E-state index is 12.4. The molecule has 23 heavy (non-hydrogen) atoms. The normalized spacial score (nSPS) is 58.1. The number of rotatable bonds is 2. The van der Waals surface area contributed by atoms with E-state index in [1.165, 1.54) is 6.29 Å². The van der Waals surface area contributed by atoms with E-state index in [4.69, 9.17) is 0 Å². The molecule has 0 aromatic heterocycles. The summed E-state index contributed by atoms with van der Waals surface area (Å²) in [6.07, 6.45) is 11.4. The van der Waals surface area contributed by atoms with E-state index in [0.717, 1.165) is 64.1 Å². The second kappa shape index (κ2) is 4.68. The molecule has 0 unspecified atom stereocenters. The monoisotopic (exact) mass is 318 g/mol. The highest BCUT2D eigenvalue weighted by atomic mass is 16.3. The molecule has 4 aliphatic carbocycles. The van der Waals surface area contributed by atoms with Gasteiger partial charge < -0.3 is 14.7 Å². The highest BCUT2D eigenvalue weighted by molar-refractivity contribution is 5.67. The van der Waals surface area contributed by atoms with Crippen molar-refractivity contribution in [1.29, 1.82) is 0 Å². The summed E-state index contributed by atoms with van der Waals surface area (Å²) in [6.45, 7) is 4.08. The fourth-order valence-electron chi connectivity index (χ4n) is 7.75. The van der Waals surface area contributed by atoms with Crippen molar-refractivity contribution < 1.29 is 14.7 Å². The Hall–Kier alpha value is -0.700. The third kappa shape index (κ3) is 1.86. The standard InChI is InChI=1S/C20H30O3/c1-17(12-21)7-3-8-20(13-22)15(17)6-9-19-10-14(4-5-16(19)20)18(2,23)11-19/h12-16,23H,3-11H2,1-2H3/t14-,15-,16-,17+,18-,19+,20+/m1/s1. The van der Waals surface area contributed by atoms with Crippen LogP contribution in [0.1, 0.15) is 71.6 Å². The molecule has 0 radical (unpaired) electrons. The molecule has 2 bridgehead atoms. The predicted molar refractivity (Wildman–Crippen MR) is 87.7 cm³/mol. The highest BCUT2D eigenvalue weighted by Crippen LogP contribution is 2.72. The molecule has 4 rings (SSSR count). The van der Waals surface area contributed by atoms with Crippen LogP contribution in [0.4, 0.5) is 0 Å². The van der Waals surface area contributed by atoms with E-state index in [9.17, 15) is 14.7 Å². The molecular weight excluding hydrogens is 288 g/mol. The van der Waals surface area contributed by atoms with E-state index in [2.05, 4.69) is 6.92 Å². The van der Waals surface area contributed by atoms with Gasteiger partial charge >= 0.3 is 0 Å². The van der Waals surface area contributed by atoms with Crippen molar-refractivity contribution in [2.45, 2.75) is 77.2 Å². The molecule has 4 fully saturated rings. The van der Waals surface area contributed by atoms with Gasteiger partial charge in [-0.05, 0) is 81.5 Å². The van der Waals surface area contributed by atoms with Gasteiger partial charge in [-0.25, -0.2) is 0 Å². The van der Waals surface area contributed by atoms with E-state index in [1.807, 2.05) is 6.92 Å². The minimum absolute atomic E-state index is 0.144. The van der Waals surface area contributed by atoms with Gasteiger partial charge in [0.25, 0.3) is 0 Å². The highest BCUT2D eigenvalue weighted by Gasteiger charge is 2.68. The third-order valence-corrected chi connectivity index (χ3v) is 8.62. The van der Waals surface area contributed by atoms with Crippen LogP contribution in [0.2, 0.25) is 0 Å². The fourth-order valence-corrected chi connectivity index (χ4v) is 7.75. The number of fused-ring (bicyclic) bond motifs is 3. The smallest absolute Gasteiger partial charge is 0.126 e. The Kier molecular flexibility index (Phi) is 3.22. The van der Waals surface area contributed by atoms with Gasteiger partial charge in [0.2, 0.25) is 0 Å². The molecule has 4 aliphatic rings. The van der Waals surface area contributed by atoms with Crippen LogP contribution in [0, 0.1) is 34.0 Å². The van der Waals surface area contributed by atoms with Crippen LogP contribution in [-0.2, 0) is 9.59 Å². The van der Waals surface area contributed by atoms with Crippen molar-refractivity contribution in [3.8, 4) is 0 Å². The minimum atomic E-state index is -0.561. The SMILES string of the molecule is C[C@@]1(O)C[C@@]23CC[C@H]4[C@@](C=O)(CCC[C@@]4(C)C=O)[C@@H]2CC[C@@H]1C3. The summed E-state index contributed by atoms with van der Waals surface area (Å²) in [5, 5.41) is 10.9. The number of aliphatic hydroxyl groups is 1. The molecule has 0 heterocycles. The molecule has 1 spiro atoms. The van der Waals surface area contributed by atoms with Crippen LogP contribution >= 0.6 is 0 Å². The Balaban J connectivity index is 1.78. The lowest BCUT2D eigenvalue weighted by molar-refractivity contribution is -0.168. The molecule has 3 nitrogen and oxygen atoms in total. The Labute approximate surface area is 139 Å². The lowest BCUT2D eigenvalue weighted by Gasteiger charge is -2.62. The van der Waals surface area contributed by atoms with Gasteiger partial charge in [-0.15, -0.1) is 0 Å². The van der Waals surface area contributed by atoms with E-state index in [1.54, 1.807) is 0 Å². The maximum atomic E-state index is 12.4. The summed E-state index contributed by atoms with van der Waals surface area (Å²) in [7, 11) is 0. The zero-order chi connectivity index (χ0) is 16.5. The van der Waals surface area contributed by atoms with E-state index in [0.29, 0.717) is 11.8 Å². The second-order valence-corrected chi connectivity index (χ2v) is 9.73. The first kappa shape index (κ1) is 15.8. The molecule has 0 saturated heterocycles. The van der Waals surface area contributed by atoms with Crippen molar-refractivity contribution >= 4 is 12.6 Å². The largest absolute Gasteiger partial charge is 0.390 e. The molecule has 0 aromatic rings. The molecule has 128 valence electrons. The Bertz CT molecular complexity index is 541. The zero-order valence-corrected chi connectivity index (χ0v) is 14.5. The summed E-state index contributed by atoms with van der Waals surface area (Å²) in [5.74, 6) is 0.979. The Morgan fingerprint density at radius 1 is 0.957 bits per heavy atom. The van der Waals surface area contributed by atoms with E-state index in [-0.39, 0.29) is 22.2 Å². The summed E-state index contributed by atoms with van der Waals surface area (Å²) in [6, 6.07) is 0. The van der Waals surface area contributed by atoms with Crippen LogP contribution in [0.5, 0.6) is 0 Å². The second-order valence-electron chi connectivity index (χ2n) is 9.73. The molecule has 0 amide bonds. The third-order valence-electron chi connectivity index (χ3n) is 8.62. The van der Waals surface area contributed by atoms with Crippen LogP contribution in [-0.4, -0.2) is 23.3 Å². The molecule has 7 atom stereocenters. The van der Waals surface area contributed by atoms with Crippen molar-refractivity contribution in [2.24, 2.45) is 34.0 Å². The molecule has 4 saturated carbocycles. The first-order valence-corrected chi connectivity index (χ1v) is 9.47. The van der Waals surface area contributed by atoms with Crippen molar-refractivity contribution in [1.82, 2.24) is 0 Å². The Morgan fingerprint density at radius 2 is 1.74 bits per heavy atom. The van der Waals surface area contributed by atoms with Crippen LogP contribution < -0.4 is 0 Å². The van der Waals surface area contributed by atoms with Gasteiger partial charge in [-0.3, -0.25) is 0 Å². The number of hydrogen-bond acceptors (Lipinski definition) is 3. The van der Waals surface area contributed by atoms with Gasteiger partial charge in [0.05, 0.1) is 5.60 Å². The predicted octanol–water partition coefficient (Wildman–Crippen LogP) is 3.53. The fraction of sp³-hybridized carbons (Fsp3) is 0.900.